The monoisotopic (exact) mass is 168 g/mol. The number of imidazole rings is 1. The van der Waals surface area contributed by atoms with Gasteiger partial charge in [0.25, 0.3) is 0 Å². The molecule has 0 fully saturated rings. The van der Waals surface area contributed by atoms with E-state index in [1.807, 2.05) is 27.1 Å². The van der Waals surface area contributed by atoms with Gasteiger partial charge in [-0.2, -0.15) is 0 Å². The van der Waals surface area contributed by atoms with Crippen LogP contribution in [0.3, 0.4) is 0 Å². The molecule has 12 heavy (non-hydrogen) atoms. The lowest BCUT2D eigenvalue weighted by Crippen LogP contribution is -1.92. The van der Waals surface area contributed by atoms with E-state index in [4.69, 9.17) is 0 Å². The van der Waals surface area contributed by atoms with Crippen LogP contribution in [0.5, 0.6) is 0 Å². The molecule has 0 aliphatic carbocycles. The lowest BCUT2D eigenvalue weighted by Gasteiger charge is -1.96. The van der Waals surface area contributed by atoms with Crippen molar-refractivity contribution in [3.05, 3.63) is 18.2 Å². The first-order valence-electron chi connectivity index (χ1n) is 4.81. The van der Waals surface area contributed by atoms with Crippen molar-refractivity contribution in [3.8, 4) is 0 Å². The van der Waals surface area contributed by atoms with Gasteiger partial charge in [0, 0.05) is 12.7 Å². The smallest absolute Gasteiger partial charge is 0.0949 e. The molecule has 2 heteroatoms. The predicted molar refractivity (Wildman–Crippen MR) is 53.2 cm³/mol. The van der Waals surface area contributed by atoms with Gasteiger partial charge in [0.1, 0.15) is 0 Å². The minimum Gasteiger partial charge on any atom is -0.337 e. The predicted octanol–water partition coefficient (Wildman–Crippen LogP) is 3.02. The molecule has 0 radical (unpaired) electrons. The molecular formula is C10H20N2. The highest BCUT2D eigenvalue weighted by molar-refractivity contribution is 4.91. The van der Waals surface area contributed by atoms with Gasteiger partial charge in [0.05, 0.1) is 12.0 Å². The SMILES string of the molecule is CC.CCCCn1cnc(C)c1. The third-order valence-corrected chi connectivity index (χ3v) is 1.53. The van der Waals surface area contributed by atoms with Crippen molar-refractivity contribution < 1.29 is 0 Å². The molecule has 0 amide bonds. The van der Waals surface area contributed by atoms with E-state index in [-0.39, 0.29) is 0 Å². The zero-order valence-electron chi connectivity index (χ0n) is 8.67. The first-order chi connectivity index (χ1) is 5.83. The maximum atomic E-state index is 4.13. The molecule has 0 saturated heterocycles. The van der Waals surface area contributed by atoms with Gasteiger partial charge in [-0.3, -0.25) is 0 Å². The van der Waals surface area contributed by atoms with Gasteiger partial charge in [-0.25, -0.2) is 4.98 Å². The van der Waals surface area contributed by atoms with Gasteiger partial charge in [-0.05, 0) is 13.3 Å². The lowest BCUT2D eigenvalue weighted by atomic mass is 10.3. The molecule has 0 aliphatic heterocycles. The van der Waals surface area contributed by atoms with Crippen LogP contribution >= 0.6 is 0 Å². The van der Waals surface area contributed by atoms with Gasteiger partial charge in [-0.15, -0.1) is 0 Å². The van der Waals surface area contributed by atoms with E-state index < -0.39 is 0 Å². The minimum atomic E-state index is 1.11. The van der Waals surface area contributed by atoms with Crippen LogP contribution in [-0.4, -0.2) is 9.55 Å². The molecular weight excluding hydrogens is 148 g/mol. The normalized spacial score (nSPS) is 9.00. The third-order valence-electron chi connectivity index (χ3n) is 1.53. The maximum Gasteiger partial charge on any atom is 0.0949 e. The number of aryl methyl sites for hydroxylation is 2. The first-order valence-corrected chi connectivity index (χ1v) is 4.81. The van der Waals surface area contributed by atoms with Crippen LogP contribution < -0.4 is 0 Å². The number of hydrogen-bond donors (Lipinski definition) is 0. The summed E-state index contributed by atoms with van der Waals surface area (Å²) in [6, 6.07) is 0. The minimum absolute atomic E-state index is 1.11. The molecule has 70 valence electrons. The van der Waals surface area contributed by atoms with Crippen molar-refractivity contribution in [2.75, 3.05) is 0 Å². The van der Waals surface area contributed by atoms with Crippen LogP contribution in [0, 0.1) is 6.92 Å². The van der Waals surface area contributed by atoms with Crippen molar-refractivity contribution in [3.63, 3.8) is 0 Å². The van der Waals surface area contributed by atoms with E-state index in [2.05, 4.69) is 22.7 Å². The molecule has 0 N–H and O–H groups in total. The van der Waals surface area contributed by atoms with Crippen LogP contribution in [0.15, 0.2) is 12.5 Å². The second-order valence-electron chi connectivity index (χ2n) is 2.61. The molecule has 0 aromatic carbocycles. The average Bonchev–Trinajstić information content (AvgIpc) is 2.51. The fraction of sp³-hybridized carbons (Fsp3) is 0.700. The van der Waals surface area contributed by atoms with Gasteiger partial charge in [-0.1, -0.05) is 27.2 Å². The van der Waals surface area contributed by atoms with Gasteiger partial charge in [0.2, 0.25) is 0 Å². The fourth-order valence-electron chi connectivity index (χ4n) is 0.935. The van der Waals surface area contributed by atoms with Crippen molar-refractivity contribution in [1.29, 1.82) is 0 Å². The Morgan fingerprint density at radius 3 is 2.50 bits per heavy atom. The summed E-state index contributed by atoms with van der Waals surface area (Å²) < 4.78 is 2.14. The van der Waals surface area contributed by atoms with Crippen molar-refractivity contribution >= 4 is 0 Å². The highest BCUT2D eigenvalue weighted by Gasteiger charge is 1.90. The number of hydrogen-bond acceptors (Lipinski definition) is 1. The van der Waals surface area contributed by atoms with Crippen LogP contribution in [0.1, 0.15) is 39.3 Å². The largest absolute Gasteiger partial charge is 0.337 e. The van der Waals surface area contributed by atoms with Crippen LogP contribution in [-0.2, 0) is 6.54 Å². The van der Waals surface area contributed by atoms with Crippen LogP contribution in [0.25, 0.3) is 0 Å². The molecule has 0 saturated carbocycles. The Balaban J connectivity index is 0.000000561. The van der Waals surface area contributed by atoms with Crippen molar-refractivity contribution in [2.24, 2.45) is 0 Å². The Kier molecular flexibility index (Phi) is 6.44. The second kappa shape index (κ2) is 6.89. The molecule has 1 rings (SSSR count). The highest BCUT2D eigenvalue weighted by Crippen LogP contribution is 1.96. The molecule has 1 aromatic heterocycles. The quantitative estimate of drug-likeness (QED) is 0.678. The third kappa shape index (κ3) is 4.16. The van der Waals surface area contributed by atoms with Gasteiger partial charge in [0.15, 0.2) is 0 Å². The van der Waals surface area contributed by atoms with E-state index in [0.29, 0.717) is 0 Å². The summed E-state index contributed by atoms with van der Waals surface area (Å²) in [5.74, 6) is 0. The molecule has 1 heterocycles. The summed E-state index contributed by atoms with van der Waals surface area (Å²) in [4.78, 5) is 4.13. The maximum absolute atomic E-state index is 4.13. The Hall–Kier alpha value is -0.790. The molecule has 0 spiro atoms. The van der Waals surface area contributed by atoms with Crippen molar-refractivity contribution in [2.45, 2.75) is 47.1 Å². The average molecular weight is 168 g/mol. The summed E-state index contributed by atoms with van der Waals surface area (Å²) in [5, 5.41) is 0. The Bertz CT molecular complexity index is 191. The molecule has 0 bridgehead atoms. The van der Waals surface area contributed by atoms with Crippen LogP contribution in [0.2, 0.25) is 0 Å². The topological polar surface area (TPSA) is 17.8 Å². The zero-order chi connectivity index (χ0) is 9.40. The summed E-state index contributed by atoms with van der Waals surface area (Å²) in [7, 11) is 0. The van der Waals surface area contributed by atoms with Gasteiger partial charge >= 0.3 is 0 Å². The lowest BCUT2D eigenvalue weighted by molar-refractivity contribution is 0.631. The number of nitrogens with zero attached hydrogens (tertiary/aromatic N) is 2. The molecule has 0 atom stereocenters. The zero-order valence-corrected chi connectivity index (χ0v) is 8.67. The van der Waals surface area contributed by atoms with E-state index in [9.17, 15) is 0 Å². The Labute approximate surface area is 75.6 Å². The Morgan fingerprint density at radius 1 is 1.42 bits per heavy atom. The van der Waals surface area contributed by atoms with E-state index >= 15 is 0 Å². The van der Waals surface area contributed by atoms with E-state index in [1.54, 1.807) is 0 Å². The second-order valence-corrected chi connectivity index (χ2v) is 2.61. The fourth-order valence-corrected chi connectivity index (χ4v) is 0.935. The first kappa shape index (κ1) is 11.2. The number of rotatable bonds is 3. The van der Waals surface area contributed by atoms with E-state index in [0.717, 1.165) is 12.2 Å². The summed E-state index contributed by atoms with van der Waals surface area (Å²) in [6.45, 7) is 9.32. The molecule has 1 aromatic rings. The molecule has 0 aliphatic rings. The molecule has 0 unspecified atom stereocenters. The number of aromatic nitrogens is 2. The van der Waals surface area contributed by atoms with E-state index in [1.165, 1.54) is 12.8 Å². The van der Waals surface area contributed by atoms with Crippen LogP contribution in [0.4, 0.5) is 0 Å². The highest BCUT2D eigenvalue weighted by atomic mass is 15.0. The summed E-state index contributed by atoms with van der Waals surface area (Å²) in [5.41, 5.74) is 1.11. The summed E-state index contributed by atoms with van der Waals surface area (Å²) in [6.07, 6.45) is 6.47. The standard InChI is InChI=1S/C8H14N2.C2H6/c1-3-4-5-10-6-8(2)9-7-10;1-2/h6-7H,3-5H2,1-2H3;1-2H3. The summed E-state index contributed by atoms with van der Waals surface area (Å²) >= 11 is 0. The number of unbranched alkanes of at least 4 members (excludes halogenated alkanes) is 1. The van der Waals surface area contributed by atoms with Crippen molar-refractivity contribution in [1.82, 2.24) is 9.55 Å². The molecule has 2 nitrogen and oxygen atoms in total. The van der Waals surface area contributed by atoms with Gasteiger partial charge < -0.3 is 4.57 Å². The Morgan fingerprint density at radius 2 is 2.08 bits per heavy atom.